The normalized spacial score (nSPS) is 20.9. The first kappa shape index (κ1) is 17.0. The summed E-state index contributed by atoms with van der Waals surface area (Å²) >= 11 is 0. The first-order valence-corrected chi connectivity index (χ1v) is 8.85. The van der Waals surface area contributed by atoms with Gasteiger partial charge in [-0.25, -0.2) is 4.79 Å². The Labute approximate surface area is 157 Å². The molecule has 1 amide bonds. The number of aliphatic carboxylic acids is 1. The fourth-order valence-electron chi connectivity index (χ4n) is 3.80. The van der Waals surface area contributed by atoms with E-state index in [-0.39, 0.29) is 12.3 Å². The van der Waals surface area contributed by atoms with Crippen molar-refractivity contribution in [2.45, 2.75) is 18.0 Å². The van der Waals surface area contributed by atoms with Crippen molar-refractivity contribution in [3.63, 3.8) is 0 Å². The molecule has 1 N–H and O–H groups in total. The number of hydrogen-bond acceptors (Lipinski definition) is 2. The lowest BCUT2D eigenvalue weighted by Gasteiger charge is -2.13. The van der Waals surface area contributed by atoms with Crippen LogP contribution < -0.4 is 0 Å². The van der Waals surface area contributed by atoms with Gasteiger partial charge in [0, 0.05) is 12.0 Å². The van der Waals surface area contributed by atoms with Crippen LogP contribution in [0.4, 0.5) is 0 Å². The molecular formula is C23H19NO3. The largest absolute Gasteiger partial charge is 0.479 e. The maximum atomic E-state index is 13.2. The predicted octanol–water partition coefficient (Wildman–Crippen LogP) is 3.95. The average molecular weight is 357 g/mol. The number of nitrogens with zero attached hydrogens (tertiary/aromatic N) is 1. The highest BCUT2D eigenvalue weighted by atomic mass is 16.4. The molecule has 27 heavy (non-hydrogen) atoms. The summed E-state index contributed by atoms with van der Waals surface area (Å²) in [5.74, 6) is -1.24. The Hall–Kier alpha value is -3.40. The third-order valence-electron chi connectivity index (χ3n) is 5.11. The highest BCUT2D eigenvalue weighted by Gasteiger charge is 2.70. The molecule has 3 aromatic rings. The molecule has 134 valence electrons. The minimum atomic E-state index is -1.28. The van der Waals surface area contributed by atoms with Gasteiger partial charge in [0.15, 0.2) is 5.54 Å². The summed E-state index contributed by atoms with van der Waals surface area (Å²) in [6, 6.07) is 27.2. The summed E-state index contributed by atoms with van der Waals surface area (Å²) < 4.78 is 0. The fourth-order valence-corrected chi connectivity index (χ4v) is 3.80. The van der Waals surface area contributed by atoms with Crippen molar-refractivity contribution >= 4 is 11.9 Å². The number of carboxylic acid groups (broad SMARTS) is 1. The van der Waals surface area contributed by atoms with Crippen LogP contribution in [0.5, 0.6) is 0 Å². The van der Waals surface area contributed by atoms with E-state index in [0.29, 0.717) is 5.56 Å². The van der Waals surface area contributed by atoms with Gasteiger partial charge in [-0.2, -0.15) is 0 Å². The van der Waals surface area contributed by atoms with E-state index in [1.165, 1.54) is 4.90 Å². The molecule has 0 saturated carbocycles. The molecule has 4 heteroatoms. The van der Waals surface area contributed by atoms with Gasteiger partial charge >= 0.3 is 5.97 Å². The second-order valence-corrected chi connectivity index (χ2v) is 6.75. The molecule has 1 heterocycles. The van der Waals surface area contributed by atoms with Crippen molar-refractivity contribution in [1.29, 1.82) is 0 Å². The van der Waals surface area contributed by atoms with Crippen molar-refractivity contribution < 1.29 is 14.7 Å². The maximum Gasteiger partial charge on any atom is 0.332 e. The zero-order valence-electron chi connectivity index (χ0n) is 14.7. The van der Waals surface area contributed by atoms with E-state index < -0.39 is 17.6 Å². The van der Waals surface area contributed by atoms with Crippen molar-refractivity contribution in [3.05, 3.63) is 108 Å². The van der Waals surface area contributed by atoms with Crippen LogP contribution in [0.3, 0.4) is 0 Å². The summed E-state index contributed by atoms with van der Waals surface area (Å²) in [6.07, 6.45) is 0.265. The molecule has 0 spiro atoms. The second-order valence-electron chi connectivity index (χ2n) is 6.75. The van der Waals surface area contributed by atoms with Gasteiger partial charge in [-0.3, -0.25) is 4.79 Å². The van der Waals surface area contributed by atoms with Crippen molar-refractivity contribution in [3.8, 4) is 0 Å². The Morgan fingerprint density at radius 2 is 1.33 bits per heavy atom. The lowest BCUT2D eigenvalue weighted by Crippen LogP contribution is -2.34. The fraction of sp³-hybridized carbons (Fsp3) is 0.130. The number of carboxylic acids is 1. The molecule has 1 aliphatic rings. The molecule has 0 bridgehead atoms. The van der Waals surface area contributed by atoms with Crippen LogP contribution in [0.25, 0.3) is 0 Å². The van der Waals surface area contributed by atoms with Crippen LogP contribution in [0.15, 0.2) is 91.0 Å². The Bertz CT molecular complexity index is 957. The molecule has 3 aromatic carbocycles. The second kappa shape index (κ2) is 6.72. The van der Waals surface area contributed by atoms with Crippen LogP contribution in [0.1, 0.15) is 27.5 Å². The van der Waals surface area contributed by atoms with Gasteiger partial charge in [-0.1, -0.05) is 78.9 Å². The molecular weight excluding hydrogens is 338 g/mol. The molecule has 1 aliphatic heterocycles. The Morgan fingerprint density at radius 3 is 1.89 bits per heavy atom. The molecule has 0 aromatic heterocycles. The van der Waals surface area contributed by atoms with Crippen LogP contribution in [-0.4, -0.2) is 27.4 Å². The van der Waals surface area contributed by atoms with E-state index in [2.05, 4.69) is 0 Å². The SMILES string of the molecule is O=C(c1ccccc1)N1[C@H](c2ccccc2)[C@@]1(Cc1ccccc1)C(=O)O. The third-order valence-corrected chi connectivity index (χ3v) is 5.11. The van der Waals surface area contributed by atoms with E-state index in [4.69, 9.17) is 0 Å². The molecule has 0 radical (unpaired) electrons. The molecule has 4 rings (SSSR count). The summed E-state index contributed by atoms with van der Waals surface area (Å²) in [6.45, 7) is 0. The minimum Gasteiger partial charge on any atom is -0.479 e. The topological polar surface area (TPSA) is 57.4 Å². The predicted molar refractivity (Wildman–Crippen MR) is 102 cm³/mol. The Kier molecular flexibility index (Phi) is 4.24. The number of carbonyl (C=O) groups excluding carboxylic acids is 1. The van der Waals surface area contributed by atoms with Gasteiger partial charge in [0.25, 0.3) is 5.91 Å². The van der Waals surface area contributed by atoms with E-state index in [1.54, 1.807) is 24.3 Å². The summed E-state index contributed by atoms with van der Waals surface area (Å²) in [5.41, 5.74) is 0.939. The highest BCUT2D eigenvalue weighted by Crippen LogP contribution is 2.56. The van der Waals surface area contributed by atoms with E-state index in [0.717, 1.165) is 11.1 Å². The lowest BCUT2D eigenvalue weighted by atomic mass is 9.92. The van der Waals surface area contributed by atoms with Crippen LogP contribution in [-0.2, 0) is 11.2 Å². The molecule has 4 nitrogen and oxygen atoms in total. The Morgan fingerprint density at radius 1 is 0.815 bits per heavy atom. The number of benzene rings is 3. The van der Waals surface area contributed by atoms with Crippen molar-refractivity contribution in [1.82, 2.24) is 4.90 Å². The molecule has 0 unspecified atom stereocenters. The van der Waals surface area contributed by atoms with Gasteiger partial charge in [-0.15, -0.1) is 0 Å². The summed E-state index contributed by atoms with van der Waals surface area (Å²) in [7, 11) is 0. The maximum absolute atomic E-state index is 13.2. The van der Waals surface area contributed by atoms with Gasteiger partial charge in [-0.05, 0) is 23.3 Å². The molecule has 0 aliphatic carbocycles. The van der Waals surface area contributed by atoms with Gasteiger partial charge < -0.3 is 10.0 Å². The monoisotopic (exact) mass is 357 g/mol. The third kappa shape index (κ3) is 2.89. The zero-order chi connectivity index (χ0) is 18.9. The van der Waals surface area contributed by atoms with Gasteiger partial charge in [0.05, 0.1) is 6.04 Å². The van der Waals surface area contributed by atoms with Gasteiger partial charge in [0.1, 0.15) is 0 Å². The average Bonchev–Trinajstić information content (AvgIpc) is 3.39. The summed E-state index contributed by atoms with van der Waals surface area (Å²) in [4.78, 5) is 27.1. The number of rotatable bonds is 5. The van der Waals surface area contributed by atoms with Gasteiger partial charge in [0.2, 0.25) is 0 Å². The molecule has 1 fully saturated rings. The smallest absolute Gasteiger partial charge is 0.332 e. The first-order chi connectivity index (χ1) is 13.1. The van der Waals surface area contributed by atoms with Crippen LogP contribution in [0.2, 0.25) is 0 Å². The molecule has 2 atom stereocenters. The van der Waals surface area contributed by atoms with E-state index >= 15 is 0 Å². The van der Waals surface area contributed by atoms with Crippen LogP contribution in [0, 0.1) is 0 Å². The zero-order valence-corrected chi connectivity index (χ0v) is 14.7. The van der Waals surface area contributed by atoms with Crippen molar-refractivity contribution in [2.24, 2.45) is 0 Å². The quantitative estimate of drug-likeness (QED) is 0.704. The lowest BCUT2D eigenvalue weighted by molar-refractivity contribution is -0.141. The standard InChI is InChI=1S/C23H19NO3/c25-21(19-14-8-3-9-15-19)24-20(18-12-6-2-7-13-18)23(24,22(26)27)16-17-10-4-1-5-11-17/h1-15,20H,16H2,(H,26,27)/t20-,23+,24?/m1/s1. The first-order valence-electron chi connectivity index (χ1n) is 8.85. The number of amides is 1. The summed E-state index contributed by atoms with van der Waals surface area (Å²) in [5, 5.41) is 10.2. The molecule has 1 saturated heterocycles. The Balaban J connectivity index is 1.78. The minimum absolute atomic E-state index is 0.261. The highest BCUT2D eigenvalue weighted by molar-refractivity contribution is 6.03. The van der Waals surface area contributed by atoms with Crippen molar-refractivity contribution in [2.75, 3.05) is 0 Å². The van der Waals surface area contributed by atoms with E-state index in [1.807, 2.05) is 66.7 Å². The number of carbonyl (C=O) groups is 2. The van der Waals surface area contributed by atoms with Crippen LogP contribution >= 0.6 is 0 Å². The van der Waals surface area contributed by atoms with E-state index in [9.17, 15) is 14.7 Å². The number of hydrogen-bond donors (Lipinski definition) is 1.